The second-order valence-corrected chi connectivity index (χ2v) is 3.94. The number of nitrogens with one attached hydrogen (secondary N) is 1. The zero-order valence-corrected chi connectivity index (χ0v) is 10.1. The van der Waals surface area contributed by atoms with Gasteiger partial charge in [-0.1, -0.05) is 6.07 Å². The average Bonchev–Trinajstić information content (AvgIpc) is 2.45. The van der Waals surface area contributed by atoms with E-state index < -0.39 is 6.09 Å². The molecule has 1 aromatic rings. The third kappa shape index (κ3) is 4.33. The maximum absolute atomic E-state index is 11.4. The summed E-state index contributed by atoms with van der Waals surface area (Å²) in [5.41, 5.74) is 0.793. The number of hydrogen-bond acceptors (Lipinski definition) is 4. The van der Waals surface area contributed by atoms with Crippen molar-refractivity contribution in [2.75, 3.05) is 13.2 Å². The second-order valence-electron chi connectivity index (χ2n) is 3.94. The lowest BCUT2D eigenvalue weighted by molar-refractivity contribution is 0.00506. The van der Waals surface area contributed by atoms with Crippen LogP contribution in [0.4, 0.5) is 4.79 Å². The maximum Gasteiger partial charge on any atom is 0.407 e. The van der Waals surface area contributed by atoms with E-state index in [4.69, 9.17) is 9.47 Å². The summed E-state index contributed by atoms with van der Waals surface area (Å²) in [4.78, 5) is 15.5. The van der Waals surface area contributed by atoms with Crippen molar-refractivity contribution in [2.45, 2.75) is 25.5 Å². The van der Waals surface area contributed by atoms with Crippen LogP contribution >= 0.6 is 0 Å². The summed E-state index contributed by atoms with van der Waals surface area (Å²) in [5, 5.41) is 2.63. The molecule has 1 atom stereocenters. The summed E-state index contributed by atoms with van der Waals surface area (Å²) >= 11 is 0. The Morgan fingerprint density at radius 3 is 3.28 bits per heavy atom. The van der Waals surface area contributed by atoms with Crippen LogP contribution in [0.5, 0.6) is 0 Å². The number of carbonyl (C=O) groups is 1. The van der Waals surface area contributed by atoms with E-state index in [-0.39, 0.29) is 12.7 Å². The Morgan fingerprint density at radius 1 is 1.61 bits per heavy atom. The number of ether oxygens (including phenoxy) is 2. The first-order valence-corrected chi connectivity index (χ1v) is 6.00. The largest absolute Gasteiger partial charge is 0.447 e. The molecule has 0 aromatic carbocycles. The maximum atomic E-state index is 11.4. The first kappa shape index (κ1) is 12.8. The topological polar surface area (TPSA) is 60.5 Å². The molecule has 2 heterocycles. The third-order valence-electron chi connectivity index (χ3n) is 2.52. The highest BCUT2D eigenvalue weighted by Gasteiger charge is 2.16. The number of carbonyl (C=O) groups excluding carboxylic acids is 1. The highest BCUT2D eigenvalue weighted by Crippen LogP contribution is 2.11. The number of hydrogen-bond donors (Lipinski definition) is 1. The standard InChI is InChI=1S/C13H16N2O3/c16-13(15-9-11-5-1-3-7-14-11)18-10-12-6-2-4-8-17-12/h1,3,5,7,12H,2,4,8-10H2,(H,15,16)/t12-/m0/s1. The van der Waals surface area contributed by atoms with E-state index in [1.165, 1.54) is 0 Å². The summed E-state index contributed by atoms with van der Waals surface area (Å²) in [6, 6.07) is 5.54. The molecule has 1 amide bonds. The van der Waals surface area contributed by atoms with Crippen LogP contribution in [-0.2, 0) is 16.0 Å². The van der Waals surface area contributed by atoms with Gasteiger partial charge in [0.05, 0.1) is 18.3 Å². The van der Waals surface area contributed by atoms with Crippen LogP contribution in [0.3, 0.4) is 0 Å². The van der Waals surface area contributed by atoms with Gasteiger partial charge in [0.1, 0.15) is 6.61 Å². The van der Waals surface area contributed by atoms with E-state index in [2.05, 4.69) is 16.7 Å². The monoisotopic (exact) mass is 248 g/mol. The minimum absolute atomic E-state index is 0.195. The van der Waals surface area contributed by atoms with Crippen molar-refractivity contribution in [3.05, 3.63) is 36.5 Å². The highest BCUT2D eigenvalue weighted by molar-refractivity contribution is 5.67. The van der Waals surface area contributed by atoms with Crippen LogP contribution in [0.15, 0.2) is 24.4 Å². The summed E-state index contributed by atoms with van der Waals surface area (Å²) in [6.45, 7) is 1.28. The smallest absolute Gasteiger partial charge is 0.407 e. The molecule has 0 saturated carbocycles. The molecule has 1 saturated heterocycles. The Labute approximate surface area is 107 Å². The first-order valence-electron chi connectivity index (χ1n) is 6.00. The predicted octanol–water partition coefficient (Wildman–Crippen LogP) is 1.57. The van der Waals surface area contributed by atoms with Gasteiger partial charge in [-0.25, -0.2) is 4.79 Å². The zero-order chi connectivity index (χ0) is 12.6. The van der Waals surface area contributed by atoms with E-state index in [1.54, 1.807) is 6.20 Å². The predicted molar refractivity (Wildman–Crippen MR) is 64.6 cm³/mol. The van der Waals surface area contributed by atoms with Gasteiger partial charge in [0.2, 0.25) is 0 Å². The van der Waals surface area contributed by atoms with Crippen LogP contribution in [-0.4, -0.2) is 30.4 Å². The summed E-state index contributed by atoms with van der Waals surface area (Å²) in [5.74, 6) is 0. The summed E-state index contributed by atoms with van der Waals surface area (Å²) in [6.07, 6.45) is 6.02. The first-order chi connectivity index (χ1) is 8.84. The van der Waals surface area contributed by atoms with Crippen molar-refractivity contribution in [1.29, 1.82) is 0 Å². The number of pyridine rings is 1. The van der Waals surface area contributed by atoms with E-state index in [0.717, 1.165) is 18.5 Å². The molecule has 0 unspecified atom stereocenters. The molecule has 5 nitrogen and oxygen atoms in total. The van der Waals surface area contributed by atoms with E-state index in [9.17, 15) is 4.79 Å². The van der Waals surface area contributed by atoms with Crippen LogP contribution in [0.2, 0.25) is 0 Å². The van der Waals surface area contributed by atoms with Gasteiger partial charge in [-0.3, -0.25) is 4.98 Å². The summed E-state index contributed by atoms with van der Waals surface area (Å²) in [7, 11) is 0. The van der Waals surface area contributed by atoms with Crippen LogP contribution in [0.25, 0.3) is 0 Å². The molecule has 2 radical (unpaired) electrons. The molecule has 1 aromatic heterocycles. The molecule has 18 heavy (non-hydrogen) atoms. The lowest BCUT2D eigenvalue weighted by atomic mass is 10.1. The molecule has 1 fully saturated rings. The molecule has 0 spiro atoms. The van der Waals surface area contributed by atoms with Gasteiger partial charge in [-0.2, -0.15) is 0 Å². The molecular weight excluding hydrogens is 232 g/mol. The quantitative estimate of drug-likeness (QED) is 0.878. The minimum atomic E-state index is -0.461. The molecule has 1 N–H and O–H groups in total. The number of rotatable bonds is 4. The van der Waals surface area contributed by atoms with Crippen molar-refractivity contribution >= 4 is 6.09 Å². The zero-order valence-electron chi connectivity index (χ0n) is 10.1. The van der Waals surface area contributed by atoms with Gasteiger partial charge in [0.15, 0.2) is 0 Å². The fraction of sp³-hybridized carbons (Fsp3) is 0.462. The van der Waals surface area contributed by atoms with Gasteiger partial charge in [-0.15, -0.1) is 0 Å². The SMILES string of the molecule is O=C(NCc1ccccn1)OC[C@@H]1[C]CCCO1. The molecule has 2 rings (SSSR count). The Bertz CT molecular complexity index is 364. The number of amides is 1. The minimum Gasteiger partial charge on any atom is -0.447 e. The summed E-state index contributed by atoms with van der Waals surface area (Å²) < 4.78 is 10.4. The lowest BCUT2D eigenvalue weighted by Crippen LogP contribution is -2.31. The fourth-order valence-electron chi connectivity index (χ4n) is 1.59. The van der Waals surface area contributed by atoms with Crippen molar-refractivity contribution < 1.29 is 14.3 Å². The Morgan fingerprint density at radius 2 is 2.56 bits per heavy atom. The van der Waals surface area contributed by atoms with Crippen LogP contribution < -0.4 is 5.32 Å². The Kier molecular flexibility index (Phi) is 4.96. The van der Waals surface area contributed by atoms with Gasteiger partial charge < -0.3 is 14.8 Å². The molecule has 5 heteroatoms. The van der Waals surface area contributed by atoms with Gasteiger partial charge in [0, 0.05) is 19.2 Å². The second kappa shape index (κ2) is 6.96. The van der Waals surface area contributed by atoms with Crippen LogP contribution in [0.1, 0.15) is 18.5 Å². The van der Waals surface area contributed by atoms with Crippen molar-refractivity contribution in [3.8, 4) is 0 Å². The van der Waals surface area contributed by atoms with Crippen molar-refractivity contribution in [3.63, 3.8) is 0 Å². The number of nitrogens with zero attached hydrogens (tertiary/aromatic N) is 1. The highest BCUT2D eigenvalue weighted by atomic mass is 16.6. The number of aromatic nitrogens is 1. The molecule has 1 aliphatic heterocycles. The van der Waals surface area contributed by atoms with E-state index >= 15 is 0 Å². The van der Waals surface area contributed by atoms with Crippen LogP contribution in [0, 0.1) is 6.42 Å². The normalized spacial score (nSPS) is 19.2. The fourth-order valence-corrected chi connectivity index (χ4v) is 1.59. The van der Waals surface area contributed by atoms with Gasteiger partial charge in [-0.05, 0) is 25.0 Å². The molecule has 1 aliphatic rings. The lowest BCUT2D eigenvalue weighted by Gasteiger charge is -2.21. The Hall–Kier alpha value is -1.62. The molecule has 96 valence electrons. The molecular formula is C13H16N2O3. The Balaban J connectivity index is 1.63. The van der Waals surface area contributed by atoms with E-state index in [1.807, 2.05) is 18.2 Å². The van der Waals surface area contributed by atoms with Crippen molar-refractivity contribution in [1.82, 2.24) is 10.3 Å². The average molecular weight is 248 g/mol. The van der Waals surface area contributed by atoms with Gasteiger partial charge >= 0.3 is 6.09 Å². The molecule has 0 bridgehead atoms. The molecule has 0 aliphatic carbocycles. The third-order valence-corrected chi connectivity index (χ3v) is 2.52. The van der Waals surface area contributed by atoms with E-state index in [0.29, 0.717) is 13.2 Å². The van der Waals surface area contributed by atoms with Gasteiger partial charge in [0.25, 0.3) is 0 Å². The number of alkyl carbamates (subject to hydrolysis) is 1. The van der Waals surface area contributed by atoms with Crippen molar-refractivity contribution in [2.24, 2.45) is 0 Å².